The van der Waals surface area contributed by atoms with Gasteiger partial charge in [-0.3, -0.25) is 9.80 Å². The molecule has 0 atom stereocenters. The largest absolute Gasteiger partial charge is 0.448 e. The third-order valence-electron chi connectivity index (χ3n) is 5.18. The van der Waals surface area contributed by atoms with Crippen LogP contribution >= 0.6 is 0 Å². The van der Waals surface area contributed by atoms with Crippen molar-refractivity contribution < 1.29 is 13.9 Å². The molecule has 2 saturated heterocycles. The molecule has 0 N–H and O–H groups in total. The van der Waals surface area contributed by atoms with Crippen molar-refractivity contribution in [1.29, 1.82) is 0 Å². The molecule has 1 amide bonds. The van der Waals surface area contributed by atoms with E-state index in [9.17, 15) is 9.18 Å². The molecular formula is C19H29FN4O2. The molecule has 2 fully saturated rings. The molecule has 0 bridgehead atoms. The van der Waals surface area contributed by atoms with Gasteiger partial charge in [-0.1, -0.05) is 12.1 Å². The van der Waals surface area contributed by atoms with Crippen LogP contribution in [0.25, 0.3) is 0 Å². The summed E-state index contributed by atoms with van der Waals surface area (Å²) in [5.41, 5.74) is 1.09. The Hall–Kier alpha value is -1.70. The number of halogens is 1. The second kappa shape index (κ2) is 9.30. The summed E-state index contributed by atoms with van der Waals surface area (Å²) in [6.45, 7) is 9.24. The highest BCUT2D eigenvalue weighted by Crippen LogP contribution is 2.10. The van der Waals surface area contributed by atoms with E-state index in [1.54, 1.807) is 4.90 Å². The van der Waals surface area contributed by atoms with E-state index in [0.29, 0.717) is 19.7 Å². The number of rotatable bonds is 5. The van der Waals surface area contributed by atoms with Crippen molar-refractivity contribution in [1.82, 2.24) is 19.6 Å². The minimum Gasteiger partial charge on any atom is -0.448 e. The predicted molar refractivity (Wildman–Crippen MR) is 98.5 cm³/mol. The molecule has 3 rings (SSSR count). The van der Waals surface area contributed by atoms with Gasteiger partial charge in [0.1, 0.15) is 12.4 Å². The van der Waals surface area contributed by atoms with Gasteiger partial charge in [-0.05, 0) is 24.7 Å². The van der Waals surface area contributed by atoms with Crippen molar-refractivity contribution in [3.05, 3.63) is 35.6 Å². The minimum atomic E-state index is -0.210. The fourth-order valence-electron chi connectivity index (χ4n) is 3.36. The maximum atomic E-state index is 13.0. The summed E-state index contributed by atoms with van der Waals surface area (Å²) in [4.78, 5) is 20.9. The molecule has 0 aliphatic carbocycles. The standard InChI is InChI=1S/C19H29FN4O2/c1-21-6-8-22(9-7-21)14-15-26-19(25)24-12-10-23(11-13-24)16-17-2-4-18(20)5-3-17/h2-5H,6-16H2,1H3. The minimum absolute atomic E-state index is 0.208. The van der Waals surface area contributed by atoms with Crippen LogP contribution in [0.1, 0.15) is 5.56 Å². The molecule has 26 heavy (non-hydrogen) atoms. The summed E-state index contributed by atoms with van der Waals surface area (Å²) >= 11 is 0. The summed E-state index contributed by atoms with van der Waals surface area (Å²) in [7, 11) is 2.13. The van der Waals surface area contributed by atoms with E-state index in [2.05, 4.69) is 21.7 Å². The van der Waals surface area contributed by atoms with Crippen molar-refractivity contribution in [3.8, 4) is 0 Å². The summed E-state index contributed by atoms with van der Waals surface area (Å²) in [6, 6.07) is 6.61. The number of nitrogens with zero attached hydrogens (tertiary/aromatic N) is 4. The Kier molecular flexibility index (Phi) is 6.82. The fraction of sp³-hybridized carbons (Fsp3) is 0.632. The Bertz CT molecular complexity index is 567. The van der Waals surface area contributed by atoms with Crippen molar-refractivity contribution in [2.75, 3.05) is 72.6 Å². The zero-order valence-corrected chi connectivity index (χ0v) is 15.6. The summed E-state index contributed by atoms with van der Waals surface area (Å²) in [5.74, 6) is -0.210. The number of carbonyl (C=O) groups is 1. The Labute approximate surface area is 155 Å². The van der Waals surface area contributed by atoms with Crippen LogP contribution in [0.2, 0.25) is 0 Å². The molecule has 2 heterocycles. The van der Waals surface area contributed by atoms with E-state index >= 15 is 0 Å². The van der Waals surface area contributed by atoms with E-state index in [0.717, 1.165) is 57.9 Å². The Morgan fingerprint density at radius 3 is 2.23 bits per heavy atom. The molecule has 144 valence electrons. The van der Waals surface area contributed by atoms with E-state index in [4.69, 9.17) is 4.74 Å². The highest BCUT2D eigenvalue weighted by Gasteiger charge is 2.22. The molecule has 1 aromatic carbocycles. The average molecular weight is 364 g/mol. The molecule has 2 aliphatic heterocycles. The van der Waals surface area contributed by atoms with Gasteiger partial charge in [-0.15, -0.1) is 0 Å². The lowest BCUT2D eigenvalue weighted by Gasteiger charge is -2.34. The van der Waals surface area contributed by atoms with Gasteiger partial charge >= 0.3 is 6.09 Å². The lowest BCUT2D eigenvalue weighted by Crippen LogP contribution is -2.49. The Balaban J connectivity index is 1.32. The van der Waals surface area contributed by atoms with Crippen molar-refractivity contribution in [2.24, 2.45) is 0 Å². The number of likely N-dealkylation sites (N-methyl/N-ethyl adjacent to an activating group) is 1. The Morgan fingerprint density at radius 2 is 1.58 bits per heavy atom. The number of benzene rings is 1. The number of ether oxygens (including phenoxy) is 1. The van der Waals surface area contributed by atoms with Gasteiger partial charge < -0.3 is 14.5 Å². The number of carbonyl (C=O) groups excluding carboxylic acids is 1. The molecule has 0 radical (unpaired) electrons. The van der Waals surface area contributed by atoms with Crippen molar-refractivity contribution >= 4 is 6.09 Å². The second-order valence-electron chi connectivity index (χ2n) is 7.15. The summed E-state index contributed by atoms with van der Waals surface area (Å²) < 4.78 is 18.4. The summed E-state index contributed by atoms with van der Waals surface area (Å²) in [5, 5.41) is 0. The second-order valence-corrected chi connectivity index (χ2v) is 7.15. The van der Waals surface area contributed by atoms with Gasteiger partial charge in [0.05, 0.1) is 0 Å². The predicted octanol–water partition coefficient (Wildman–Crippen LogP) is 1.33. The first kappa shape index (κ1) is 19.1. The van der Waals surface area contributed by atoms with Crippen LogP contribution in [-0.4, -0.2) is 98.3 Å². The van der Waals surface area contributed by atoms with Crippen LogP contribution in [0, 0.1) is 5.82 Å². The monoisotopic (exact) mass is 364 g/mol. The van der Waals surface area contributed by atoms with Crippen LogP contribution in [-0.2, 0) is 11.3 Å². The third-order valence-corrected chi connectivity index (χ3v) is 5.18. The highest BCUT2D eigenvalue weighted by molar-refractivity contribution is 5.67. The number of hydrogen-bond acceptors (Lipinski definition) is 5. The number of hydrogen-bond donors (Lipinski definition) is 0. The molecule has 0 unspecified atom stereocenters. The van der Waals surface area contributed by atoms with Crippen LogP contribution in [0.5, 0.6) is 0 Å². The quantitative estimate of drug-likeness (QED) is 0.788. The molecular weight excluding hydrogens is 335 g/mol. The van der Waals surface area contributed by atoms with E-state index in [1.165, 1.54) is 12.1 Å². The van der Waals surface area contributed by atoms with Gasteiger partial charge in [0.2, 0.25) is 0 Å². The topological polar surface area (TPSA) is 39.3 Å². The SMILES string of the molecule is CN1CCN(CCOC(=O)N2CCN(Cc3ccc(F)cc3)CC2)CC1. The molecule has 6 nitrogen and oxygen atoms in total. The lowest BCUT2D eigenvalue weighted by atomic mass is 10.2. The maximum Gasteiger partial charge on any atom is 0.409 e. The number of amides is 1. The van der Waals surface area contributed by atoms with E-state index < -0.39 is 0 Å². The normalized spacial score (nSPS) is 20.3. The maximum absolute atomic E-state index is 13.0. The number of piperazine rings is 2. The lowest BCUT2D eigenvalue weighted by molar-refractivity contribution is 0.0614. The first-order valence-corrected chi connectivity index (χ1v) is 9.39. The smallest absolute Gasteiger partial charge is 0.409 e. The molecule has 0 saturated carbocycles. The molecule has 0 spiro atoms. The van der Waals surface area contributed by atoms with Gasteiger partial charge in [-0.2, -0.15) is 0 Å². The Morgan fingerprint density at radius 1 is 0.962 bits per heavy atom. The van der Waals surface area contributed by atoms with Gasteiger partial charge in [0.15, 0.2) is 0 Å². The molecule has 0 aromatic heterocycles. The van der Waals surface area contributed by atoms with Crippen LogP contribution in [0.3, 0.4) is 0 Å². The van der Waals surface area contributed by atoms with Crippen LogP contribution in [0.15, 0.2) is 24.3 Å². The van der Waals surface area contributed by atoms with Crippen molar-refractivity contribution in [3.63, 3.8) is 0 Å². The molecule has 7 heteroatoms. The third kappa shape index (κ3) is 5.65. The van der Waals surface area contributed by atoms with Gasteiger partial charge in [0.25, 0.3) is 0 Å². The first-order chi connectivity index (χ1) is 12.6. The van der Waals surface area contributed by atoms with Crippen LogP contribution < -0.4 is 0 Å². The highest BCUT2D eigenvalue weighted by atomic mass is 19.1. The zero-order chi connectivity index (χ0) is 18.4. The van der Waals surface area contributed by atoms with Crippen LogP contribution in [0.4, 0.5) is 9.18 Å². The average Bonchev–Trinajstić information content (AvgIpc) is 2.66. The van der Waals surface area contributed by atoms with Gasteiger partial charge in [-0.25, -0.2) is 9.18 Å². The van der Waals surface area contributed by atoms with Gasteiger partial charge in [0, 0.05) is 65.4 Å². The van der Waals surface area contributed by atoms with Crippen molar-refractivity contribution in [2.45, 2.75) is 6.54 Å². The van der Waals surface area contributed by atoms with E-state index in [1.807, 2.05) is 12.1 Å². The zero-order valence-electron chi connectivity index (χ0n) is 15.6. The molecule has 1 aromatic rings. The summed E-state index contributed by atoms with van der Waals surface area (Å²) in [6.07, 6.45) is -0.208. The first-order valence-electron chi connectivity index (χ1n) is 9.39. The van der Waals surface area contributed by atoms with E-state index in [-0.39, 0.29) is 11.9 Å². The fourth-order valence-corrected chi connectivity index (χ4v) is 3.36. The molecule has 2 aliphatic rings.